The molecule has 0 radical (unpaired) electrons. The number of benzene rings is 2. The third kappa shape index (κ3) is 2.38. The van der Waals surface area contributed by atoms with Gasteiger partial charge in [0.05, 0.1) is 5.41 Å². The summed E-state index contributed by atoms with van der Waals surface area (Å²) in [6.07, 6.45) is 0. The number of carbonyl (C=O) groups excluding carboxylic acids is 1. The Labute approximate surface area is 142 Å². The summed E-state index contributed by atoms with van der Waals surface area (Å²) in [7, 11) is -2.35. The quantitative estimate of drug-likeness (QED) is 0.799. The van der Waals surface area contributed by atoms with Gasteiger partial charge >= 0.3 is 10.1 Å². The van der Waals surface area contributed by atoms with Crippen molar-refractivity contribution in [2.45, 2.75) is 24.5 Å². The van der Waals surface area contributed by atoms with Crippen LogP contribution in [0.2, 0.25) is 0 Å². The average Bonchev–Trinajstić information content (AvgIpc) is 2.78. The molecule has 2 atom stereocenters. The van der Waals surface area contributed by atoms with E-state index in [4.69, 9.17) is 4.18 Å². The van der Waals surface area contributed by atoms with Gasteiger partial charge in [0, 0.05) is 12.7 Å². The highest BCUT2D eigenvalue weighted by Crippen LogP contribution is 2.45. The average molecular weight is 345 g/mol. The molecule has 0 spiro atoms. The number of rotatable bonds is 4. The number of likely N-dealkylation sites (N-methyl/N-ethyl adjacent to an activating group) is 1. The zero-order valence-corrected chi connectivity index (χ0v) is 14.6. The summed E-state index contributed by atoms with van der Waals surface area (Å²) < 4.78 is 30.8. The highest BCUT2D eigenvalue weighted by Gasteiger charge is 2.54. The minimum absolute atomic E-state index is 0.236. The highest BCUT2D eigenvalue weighted by atomic mass is 32.2. The number of hydrogen-bond donors (Lipinski definition) is 0. The molecule has 126 valence electrons. The zero-order chi connectivity index (χ0) is 17.5. The molecule has 0 saturated carbocycles. The van der Waals surface area contributed by atoms with Gasteiger partial charge in [-0.05, 0) is 37.6 Å². The van der Waals surface area contributed by atoms with Crippen LogP contribution in [-0.4, -0.2) is 26.6 Å². The monoisotopic (exact) mass is 345 g/mol. The molecule has 2 aromatic carbocycles. The van der Waals surface area contributed by atoms with E-state index >= 15 is 0 Å². The van der Waals surface area contributed by atoms with Gasteiger partial charge < -0.3 is 9.08 Å². The molecule has 1 aliphatic heterocycles. The Morgan fingerprint density at radius 2 is 1.62 bits per heavy atom. The molecule has 1 amide bonds. The number of hydrogen-bond acceptors (Lipinski definition) is 4. The van der Waals surface area contributed by atoms with Crippen LogP contribution in [0.1, 0.15) is 19.4 Å². The summed E-state index contributed by atoms with van der Waals surface area (Å²) >= 11 is 0. The number of nitrogens with zero attached hydrogens (tertiary/aromatic N) is 1. The second-order valence-electron chi connectivity index (χ2n) is 6.12. The molecule has 0 bridgehead atoms. The van der Waals surface area contributed by atoms with Gasteiger partial charge in [-0.15, -0.1) is 0 Å². The molecule has 3 rings (SSSR count). The fraction of sp³-hybridized carbons (Fsp3) is 0.278. The molecule has 0 aliphatic carbocycles. The topological polar surface area (TPSA) is 63.7 Å². The molecule has 1 heterocycles. The summed E-state index contributed by atoms with van der Waals surface area (Å²) in [6, 6.07) is 15.6. The van der Waals surface area contributed by atoms with Crippen LogP contribution in [0, 0.1) is 0 Å². The number of carbonyl (C=O) groups is 1. The van der Waals surface area contributed by atoms with Gasteiger partial charge in [-0.3, -0.25) is 4.79 Å². The summed E-state index contributed by atoms with van der Waals surface area (Å²) in [6.45, 7) is 3.18. The fourth-order valence-corrected chi connectivity index (χ4v) is 4.47. The molecular formula is C18H19NO4S. The minimum atomic E-state index is -4.00. The Morgan fingerprint density at radius 3 is 2.29 bits per heavy atom. The van der Waals surface area contributed by atoms with E-state index in [2.05, 4.69) is 0 Å². The summed E-state index contributed by atoms with van der Waals surface area (Å²) in [5.41, 5.74) is 0.232. The van der Waals surface area contributed by atoms with Crippen molar-refractivity contribution in [1.82, 2.24) is 0 Å². The van der Waals surface area contributed by atoms with Gasteiger partial charge in [-0.1, -0.05) is 36.4 Å². The normalized spacial score (nSPS) is 21.5. The van der Waals surface area contributed by atoms with Gasteiger partial charge in [-0.25, -0.2) is 0 Å². The van der Waals surface area contributed by atoms with Gasteiger partial charge in [0.15, 0.2) is 0 Å². The van der Waals surface area contributed by atoms with Crippen LogP contribution in [-0.2, 0) is 20.3 Å². The molecule has 0 N–H and O–H groups in total. The third-order valence-corrected chi connectivity index (χ3v) is 6.54. The van der Waals surface area contributed by atoms with Crippen LogP contribution in [0.5, 0.6) is 5.75 Å². The molecule has 24 heavy (non-hydrogen) atoms. The molecular weight excluding hydrogens is 326 g/mol. The maximum Gasteiger partial charge on any atom is 0.313 e. The predicted molar refractivity (Wildman–Crippen MR) is 92.7 cm³/mol. The van der Waals surface area contributed by atoms with E-state index in [1.165, 1.54) is 11.8 Å². The first-order valence-electron chi connectivity index (χ1n) is 7.64. The Kier molecular flexibility index (Phi) is 3.87. The first kappa shape index (κ1) is 16.5. The molecule has 1 aliphatic rings. The van der Waals surface area contributed by atoms with Crippen LogP contribution in [0.3, 0.4) is 0 Å². The van der Waals surface area contributed by atoms with Crippen LogP contribution in [0.4, 0.5) is 5.69 Å². The summed E-state index contributed by atoms with van der Waals surface area (Å²) in [4.78, 5) is 14.3. The lowest BCUT2D eigenvalue weighted by molar-refractivity contribution is -0.122. The highest BCUT2D eigenvalue weighted by molar-refractivity contribution is 7.87. The molecule has 0 aromatic heterocycles. The van der Waals surface area contributed by atoms with Crippen molar-refractivity contribution in [3.63, 3.8) is 0 Å². The van der Waals surface area contributed by atoms with Gasteiger partial charge in [0.2, 0.25) is 5.91 Å². The molecule has 2 aromatic rings. The fourth-order valence-electron chi connectivity index (χ4n) is 3.14. The second kappa shape index (κ2) is 5.63. The first-order valence-corrected chi connectivity index (χ1v) is 9.11. The van der Waals surface area contributed by atoms with Crippen molar-refractivity contribution in [3.05, 3.63) is 60.2 Å². The lowest BCUT2D eigenvalue weighted by atomic mass is 9.81. The van der Waals surface area contributed by atoms with Crippen molar-refractivity contribution >= 4 is 21.7 Å². The van der Waals surface area contributed by atoms with Gasteiger partial charge in [0.1, 0.15) is 11.0 Å². The predicted octanol–water partition coefficient (Wildman–Crippen LogP) is 2.72. The Morgan fingerprint density at radius 1 is 1.04 bits per heavy atom. The van der Waals surface area contributed by atoms with E-state index in [1.807, 2.05) is 12.1 Å². The van der Waals surface area contributed by atoms with E-state index in [9.17, 15) is 13.2 Å². The van der Waals surface area contributed by atoms with Crippen molar-refractivity contribution in [1.29, 1.82) is 0 Å². The summed E-state index contributed by atoms with van der Waals surface area (Å²) in [5, 5.41) is -1.04. The van der Waals surface area contributed by atoms with Gasteiger partial charge in [-0.2, -0.15) is 8.42 Å². The summed E-state index contributed by atoms with van der Waals surface area (Å²) in [5.74, 6) is -0.0172. The number of amides is 1. The van der Waals surface area contributed by atoms with E-state index < -0.39 is 20.8 Å². The lowest BCUT2D eigenvalue weighted by Gasteiger charge is -2.29. The van der Waals surface area contributed by atoms with Crippen LogP contribution in [0.25, 0.3) is 0 Å². The third-order valence-electron chi connectivity index (χ3n) is 4.78. The van der Waals surface area contributed by atoms with Crippen molar-refractivity contribution in [2.75, 3.05) is 11.9 Å². The maximum absolute atomic E-state index is 12.8. The molecule has 6 heteroatoms. The largest absolute Gasteiger partial charge is 0.382 e. The van der Waals surface area contributed by atoms with E-state index in [1.54, 1.807) is 56.4 Å². The molecule has 0 fully saturated rings. The SMILES string of the molecule is CC(C1(C)C(=O)N(C)c2ccccc21)S(=O)(=O)Oc1ccccc1. The van der Waals surface area contributed by atoms with Crippen LogP contribution >= 0.6 is 0 Å². The van der Waals surface area contributed by atoms with Crippen LogP contribution < -0.4 is 9.08 Å². The Hall–Kier alpha value is -2.34. The zero-order valence-electron chi connectivity index (χ0n) is 13.8. The first-order chi connectivity index (χ1) is 11.3. The Balaban J connectivity index is 2.02. The number of para-hydroxylation sites is 2. The maximum atomic E-state index is 12.8. The number of fused-ring (bicyclic) bond motifs is 1. The van der Waals surface area contributed by atoms with Crippen LogP contribution in [0.15, 0.2) is 54.6 Å². The second-order valence-corrected chi connectivity index (χ2v) is 7.97. The van der Waals surface area contributed by atoms with E-state index in [0.717, 1.165) is 5.69 Å². The van der Waals surface area contributed by atoms with Crippen molar-refractivity contribution in [3.8, 4) is 5.75 Å². The number of anilines is 1. The van der Waals surface area contributed by atoms with E-state index in [-0.39, 0.29) is 11.7 Å². The molecule has 5 nitrogen and oxygen atoms in total. The Bertz CT molecular complexity index is 879. The lowest BCUT2D eigenvalue weighted by Crippen LogP contribution is -2.48. The smallest absolute Gasteiger partial charge is 0.313 e. The van der Waals surface area contributed by atoms with E-state index in [0.29, 0.717) is 5.56 Å². The standard InChI is InChI=1S/C18H19NO4S/c1-13(24(21,22)23-14-9-5-4-6-10-14)18(2)15-11-7-8-12-16(15)19(3)17(18)20/h4-13H,1-3H3. The minimum Gasteiger partial charge on any atom is -0.382 e. The van der Waals surface area contributed by atoms with Crippen molar-refractivity contribution < 1.29 is 17.4 Å². The molecule has 2 unspecified atom stereocenters. The molecule has 0 saturated heterocycles. The van der Waals surface area contributed by atoms with Gasteiger partial charge in [0.25, 0.3) is 0 Å². The van der Waals surface area contributed by atoms with Crippen molar-refractivity contribution in [2.24, 2.45) is 0 Å².